The van der Waals surface area contributed by atoms with E-state index in [1.54, 1.807) is 0 Å². The summed E-state index contributed by atoms with van der Waals surface area (Å²) in [6.45, 7) is 4.67. The van der Waals surface area contributed by atoms with Gasteiger partial charge in [-0.05, 0) is 93.2 Å². The molecule has 64 heavy (non-hydrogen) atoms. The molecule has 6 heteroatoms. The summed E-state index contributed by atoms with van der Waals surface area (Å²) in [5.41, 5.74) is 14.3. The van der Waals surface area contributed by atoms with Gasteiger partial charge in [0.15, 0.2) is 11.6 Å². The van der Waals surface area contributed by atoms with Crippen LogP contribution in [-0.4, -0.2) is 19.5 Å². The Hall–Kier alpha value is -8.35. The fourth-order valence-corrected chi connectivity index (χ4v) is 10.5. The molecule has 0 unspecified atom stereocenters. The minimum atomic E-state index is -0.153. The second kappa shape index (κ2) is 12.8. The normalized spacial score (nSPS) is 13.3. The third kappa shape index (κ3) is 4.99. The smallest absolute Gasteiger partial charge is 0.238 e. The molecule has 0 radical (unpaired) electrons. The van der Waals surface area contributed by atoms with Crippen molar-refractivity contribution in [3.63, 3.8) is 0 Å². The zero-order chi connectivity index (χ0) is 42.3. The van der Waals surface area contributed by atoms with Crippen LogP contribution in [0.5, 0.6) is 0 Å². The molecule has 0 saturated carbocycles. The second-order valence-corrected chi connectivity index (χ2v) is 17.6. The predicted molar refractivity (Wildman–Crippen MR) is 260 cm³/mol. The molecule has 0 bridgehead atoms. The summed E-state index contributed by atoms with van der Waals surface area (Å²) in [5.74, 6) is 1.60. The van der Waals surface area contributed by atoms with Crippen molar-refractivity contribution in [3.05, 3.63) is 193 Å². The molecule has 300 valence electrons. The van der Waals surface area contributed by atoms with Gasteiger partial charge in [0.1, 0.15) is 22.3 Å². The second-order valence-electron chi connectivity index (χ2n) is 17.6. The molecule has 0 atom stereocenters. The molecule has 0 amide bonds. The van der Waals surface area contributed by atoms with E-state index < -0.39 is 0 Å². The van der Waals surface area contributed by atoms with Gasteiger partial charge in [-0.15, -0.1) is 0 Å². The summed E-state index contributed by atoms with van der Waals surface area (Å²) in [5, 5.41) is 8.79. The van der Waals surface area contributed by atoms with Gasteiger partial charge in [0.05, 0.1) is 11.0 Å². The maximum Gasteiger partial charge on any atom is 0.238 e. The topological polar surface area (TPSA) is 69.9 Å². The van der Waals surface area contributed by atoms with Gasteiger partial charge < -0.3 is 8.83 Å². The molecule has 0 spiro atoms. The van der Waals surface area contributed by atoms with Crippen LogP contribution in [0.2, 0.25) is 0 Å². The van der Waals surface area contributed by atoms with Crippen LogP contribution in [0.25, 0.3) is 127 Å². The highest BCUT2D eigenvalue weighted by Gasteiger charge is 2.35. The zero-order valence-corrected chi connectivity index (χ0v) is 34.9. The average Bonchev–Trinajstić information content (AvgIpc) is 4.06. The fourth-order valence-electron chi connectivity index (χ4n) is 10.5. The minimum absolute atomic E-state index is 0.153. The minimum Gasteiger partial charge on any atom is -0.456 e. The Bertz CT molecular complexity index is 4000. The number of hydrogen-bond acceptors (Lipinski definition) is 5. The van der Waals surface area contributed by atoms with Crippen LogP contribution in [0.15, 0.2) is 191 Å². The summed E-state index contributed by atoms with van der Waals surface area (Å²) in [7, 11) is 0. The molecular formula is C58H36N4O2. The van der Waals surface area contributed by atoms with E-state index in [1.165, 1.54) is 27.6 Å². The van der Waals surface area contributed by atoms with E-state index in [1.807, 2.05) is 36.4 Å². The zero-order valence-electron chi connectivity index (χ0n) is 34.9. The first kappa shape index (κ1) is 35.3. The van der Waals surface area contributed by atoms with E-state index >= 15 is 0 Å². The number of rotatable bonds is 4. The summed E-state index contributed by atoms with van der Waals surface area (Å²) >= 11 is 0. The molecule has 1 aliphatic rings. The summed E-state index contributed by atoms with van der Waals surface area (Å²) in [6, 6.07) is 64.4. The van der Waals surface area contributed by atoms with Crippen molar-refractivity contribution in [2.75, 3.05) is 0 Å². The van der Waals surface area contributed by atoms with Crippen LogP contribution in [0, 0.1) is 0 Å². The van der Waals surface area contributed by atoms with Crippen molar-refractivity contribution in [2.45, 2.75) is 19.3 Å². The van der Waals surface area contributed by atoms with E-state index in [2.05, 4.69) is 164 Å². The molecule has 6 nitrogen and oxygen atoms in total. The monoisotopic (exact) mass is 820 g/mol. The fraction of sp³-hybridized carbons (Fsp3) is 0.0517. The van der Waals surface area contributed by atoms with Gasteiger partial charge in [-0.2, -0.15) is 9.97 Å². The Kier molecular flexibility index (Phi) is 7.08. The van der Waals surface area contributed by atoms with Gasteiger partial charge in [0.25, 0.3) is 0 Å². The van der Waals surface area contributed by atoms with Crippen molar-refractivity contribution < 1.29 is 8.83 Å². The van der Waals surface area contributed by atoms with Gasteiger partial charge >= 0.3 is 0 Å². The highest BCUT2D eigenvalue weighted by Crippen LogP contribution is 2.50. The lowest BCUT2D eigenvalue weighted by atomic mass is 9.81. The predicted octanol–water partition coefficient (Wildman–Crippen LogP) is 15.2. The Morgan fingerprint density at radius 2 is 0.938 bits per heavy atom. The molecule has 4 aromatic heterocycles. The Morgan fingerprint density at radius 3 is 1.64 bits per heavy atom. The van der Waals surface area contributed by atoms with Crippen LogP contribution < -0.4 is 0 Å². The first-order valence-corrected chi connectivity index (χ1v) is 21.8. The third-order valence-electron chi connectivity index (χ3n) is 13.6. The maximum atomic E-state index is 6.41. The van der Waals surface area contributed by atoms with Crippen molar-refractivity contribution >= 4 is 76.5 Å². The van der Waals surface area contributed by atoms with E-state index in [-0.39, 0.29) is 5.41 Å². The lowest BCUT2D eigenvalue weighted by Crippen LogP contribution is -2.14. The third-order valence-corrected chi connectivity index (χ3v) is 13.6. The molecule has 14 rings (SSSR count). The molecule has 0 N–H and O–H groups in total. The molecule has 0 fully saturated rings. The van der Waals surface area contributed by atoms with Gasteiger partial charge in [-0.3, -0.25) is 4.57 Å². The van der Waals surface area contributed by atoms with Gasteiger partial charge in [-0.25, -0.2) is 4.98 Å². The van der Waals surface area contributed by atoms with Crippen molar-refractivity contribution in [1.82, 2.24) is 19.5 Å². The van der Waals surface area contributed by atoms with Crippen LogP contribution in [-0.2, 0) is 5.41 Å². The Labute approximate surface area is 366 Å². The average molecular weight is 821 g/mol. The Morgan fingerprint density at radius 1 is 0.391 bits per heavy atom. The standard InChI is InChI=1S/C58H36N4O2/c1-58(2)47-19-8-5-14-39(47)40-25-22-35(29-48(40)58)38-17-11-18-45-46-28-33-12-3-4-13-34(33)30-49(46)62(54(38)45)57-60-55(36-23-26-43-41-15-6-9-20-50(41)63-52(43)31-36)59-56(61-57)37-24-27-44-42-16-7-10-21-51(42)64-53(44)32-37/h3-32H,1-2H3. The quantitative estimate of drug-likeness (QED) is 0.177. The van der Waals surface area contributed by atoms with Crippen LogP contribution in [0.1, 0.15) is 25.0 Å². The van der Waals surface area contributed by atoms with Gasteiger partial charge in [0, 0.05) is 54.4 Å². The van der Waals surface area contributed by atoms with E-state index in [4.69, 9.17) is 23.8 Å². The van der Waals surface area contributed by atoms with Crippen molar-refractivity contribution in [3.8, 4) is 51.0 Å². The maximum absolute atomic E-state index is 6.41. The number of fused-ring (bicyclic) bond motifs is 13. The molecule has 4 heterocycles. The molecule has 9 aromatic carbocycles. The first-order chi connectivity index (χ1) is 31.4. The van der Waals surface area contributed by atoms with Gasteiger partial charge in [-0.1, -0.05) is 141 Å². The Balaban J connectivity index is 1.06. The molecule has 0 aliphatic heterocycles. The van der Waals surface area contributed by atoms with Gasteiger partial charge in [0.2, 0.25) is 5.95 Å². The number of nitrogens with zero attached hydrogens (tertiary/aromatic N) is 4. The molecule has 1 aliphatic carbocycles. The summed E-state index contributed by atoms with van der Waals surface area (Å²) < 4.78 is 15.1. The van der Waals surface area contributed by atoms with Crippen LogP contribution >= 0.6 is 0 Å². The number of para-hydroxylation sites is 3. The number of aromatic nitrogens is 4. The summed E-state index contributed by atoms with van der Waals surface area (Å²) in [4.78, 5) is 16.1. The first-order valence-electron chi connectivity index (χ1n) is 21.8. The van der Waals surface area contributed by atoms with Crippen molar-refractivity contribution in [1.29, 1.82) is 0 Å². The largest absolute Gasteiger partial charge is 0.456 e. The summed E-state index contributed by atoms with van der Waals surface area (Å²) in [6.07, 6.45) is 0. The van der Waals surface area contributed by atoms with E-state index in [0.717, 1.165) is 93.3 Å². The lowest BCUT2D eigenvalue weighted by molar-refractivity contribution is 0.660. The van der Waals surface area contributed by atoms with E-state index in [0.29, 0.717) is 17.6 Å². The number of benzene rings is 9. The molecule has 0 saturated heterocycles. The van der Waals surface area contributed by atoms with E-state index in [9.17, 15) is 0 Å². The lowest BCUT2D eigenvalue weighted by Gasteiger charge is -2.22. The van der Waals surface area contributed by atoms with Crippen molar-refractivity contribution in [2.24, 2.45) is 0 Å². The number of furan rings is 2. The highest BCUT2D eigenvalue weighted by molar-refractivity contribution is 6.17. The molecule has 13 aromatic rings. The highest BCUT2D eigenvalue weighted by atomic mass is 16.3. The SMILES string of the molecule is CC1(C)c2ccccc2-c2ccc(-c3cccc4c5cc6ccccc6cc5n(-c5nc(-c6ccc7c(c6)oc6ccccc67)nc(-c6ccc7c(c6)oc6ccccc67)n5)c34)cc21. The van der Waals surface area contributed by atoms with Crippen LogP contribution in [0.4, 0.5) is 0 Å². The number of hydrogen-bond donors (Lipinski definition) is 0. The van der Waals surface area contributed by atoms with Crippen LogP contribution in [0.3, 0.4) is 0 Å². The molecular weight excluding hydrogens is 785 g/mol.